The van der Waals surface area contributed by atoms with Crippen molar-refractivity contribution < 1.29 is 18.7 Å². The molecular weight excluding hydrogens is 420 g/mol. The van der Waals surface area contributed by atoms with E-state index >= 15 is 0 Å². The minimum absolute atomic E-state index is 0.0908. The topological polar surface area (TPSA) is 72.2 Å². The van der Waals surface area contributed by atoms with Crippen LogP contribution in [-0.2, 0) is 0 Å². The summed E-state index contributed by atoms with van der Waals surface area (Å²) in [7, 11) is 5.52. The number of fused-ring (bicyclic) bond motifs is 2. The number of amides is 1. The van der Waals surface area contributed by atoms with Crippen molar-refractivity contribution in [3.63, 3.8) is 0 Å². The molecule has 0 spiro atoms. The largest absolute Gasteiger partial charge is 0.497 e. The van der Waals surface area contributed by atoms with Crippen molar-refractivity contribution in [1.82, 2.24) is 9.80 Å². The van der Waals surface area contributed by atoms with Gasteiger partial charge in [-0.3, -0.25) is 9.59 Å². The van der Waals surface area contributed by atoms with Crippen LogP contribution in [0.15, 0.2) is 64.3 Å². The van der Waals surface area contributed by atoms with Crippen LogP contribution >= 0.6 is 0 Å². The molecule has 2 aromatic carbocycles. The highest BCUT2D eigenvalue weighted by atomic mass is 16.5. The van der Waals surface area contributed by atoms with Gasteiger partial charge in [-0.2, -0.15) is 0 Å². The van der Waals surface area contributed by atoms with Crippen LogP contribution in [0.25, 0.3) is 11.0 Å². The highest BCUT2D eigenvalue weighted by Gasteiger charge is 2.42. The summed E-state index contributed by atoms with van der Waals surface area (Å²) >= 11 is 0. The number of methoxy groups -OCH3 is 1. The highest BCUT2D eigenvalue weighted by molar-refractivity contribution is 5.99. The Morgan fingerprint density at radius 2 is 1.97 bits per heavy atom. The smallest absolute Gasteiger partial charge is 0.290 e. The zero-order valence-corrected chi connectivity index (χ0v) is 19.2. The van der Waals surface area contributed by atoms with Crippen molar-refractivity contribution in [2.24, 2.45) is 0 Å². The van der Waals surface area contributed by atoms with Crippen LogP contribution in [0.1, 0.15) is 34.1 Å². The van der Waals surface area contributed by atoms with E-state index in [0.29, 0.717) is 41.2 Å². The van der Waals surface area contributed by atoms with Gasteiger partial charge in [-0.05, 0) is 56.9 Å². The molecule has 4 rings (SSSR count). The Morgan fingerprint density at radius 1 is 1.15 bits per heavy atom. The van der Waals surface area contributed by atoms with Gasteiger partial charge in [0.1, 0.15) is 23.7 Å². The van der Waals surface area contributed by atoms with Crippen molar-refractivity contribution in [2.45, 2.75) is 12.5 Å². The first-order valence-electron chi connectivity index (χ1n) is 10.9. The Hall–Kier alpha value is -3.58. The number of hydrogen-bond donors (Lipinski definition) is 0. The van der Waals surface area contributed by atoms with Crippen LogP contribution in [0.2, 0.25) is 0 Å². The maximum absolute atomic E-state index is 13.6. The lowest BCUT2D eigenvalue weighted by Crippen LogP contribution is -2.32. The summed E-state index contributed by atoms with van der Waals surface area (Å²) in [5, 5.41) is 0.418. The van der Waals surface area contributed by atoms with Crippen molar-refractivity contribution in [1.29, 1.82) is 0 Å². The molecule has 1 amide bonds. The van der Waals surface area contributed by atoms with E-state index < -0.39 is 6.04 Å². The third kappa shape index (κ3) is 4.36. The Bertz CT molecular complexity index is 1250. The maximum atomic E-state index is 13.6. The monoisotopic (exact) mass is 448 g/mol. The fourth-order valence-electron chi connectivity index (χ4n) is 4.19. The SMILES string of the molecule is C=CCOc1cccc(C2c3c(oc4cc(OC)ccc4c3=O)C(=O)N2CCCN(C)C)c1. The molecule has 33 heavy (non-hydrogen) atoms. The summed E-state index contributed by atoms with van der Waals surface area (Å²) in [5.41, 5.74) is 1.29. The van der Waals surface area contributed by atoms with Gasteiger partial charge in [-0.15, -0.1) is 0 Å². The number of hydrogen-bond acceptors (Lipinski definition) is 6. The summed E-state index contributed by atoms with van der Waals surface area (Å²) in [6.07, 6.45) is 2.43. The van der Waals surface area contributed by atoms with Crippen LogP contribution < -0.4 is 14.9 Å². The second-order valence-electron chi connectivity index (χ2n) is 8.27. The first-order chi connectivity index (χ1) is 15.9. The molecule has 7 nitrogen and oxygen atoms in total. The second-order valence-corrected chi connectivity index (χ2v) is 8.27. The predicted octanol–water partition coefficient (Wildman–Crippen LogP) is 3.86. The fraction of sp³-hybridized carbons (Fsp3) is 0.308. The summed E-state index contributed by atoms with van der Waals surface area (Å²) in [5.74, 6) is 1.01. The lowest BCUT2D eigenvalue weighted by atomic mass is 9.98. The van der Waals surface area contributed by atoms with Gasteiger partial charge in [-0.1, -0.05) is 24.8 Å². The Balaban J connectivity index is 1.85. The molecule has 1 atom stereocenters. The fourth-order valence-corrected chi connectivity index (χ4v) is 4.19. The van der Waals surface area contributed by atoms with Crippen LogP contribution in [-0.4, -0.2) is 56.6 Å². The maximum Gasteiger partial charge on any atom is 0.290 e. The molecular formula is C26H28N2O5. The van der Waals surface area contributed by atoms with E-state index in [1.165, 1.54) is 0 Å². The number of carbonyl (C=O) groups excluding carboxylic acids is 1. The van der Waals surface area contributed by atoms with Gasteiger partial charge < -0.3 is 23.7 Å². The lowest BCUT2D eigenvalue weighted by Gasteiger charge is -2.26. The van der Waals surface area contributed by atoms with Crippen LogP contribution in [0, 0.1) is 0 Å². The molecule has 0 aliphatic carbocycles. The molecule has 1 aliphatic rings. The molecule has 0 bridgehead atoms. The Kier molecular flexibility index (Phi) is 6.51. The Morgan fingerprint density at radius 3 is 2.70 bits per heavy atom. The molecule has 0 radical (unpaired) electrons. The quantitative estimate of drug-likeness (QED) is 0.463. The van der Waals surface area contributed by atoms with E-state index in [4.69, 9.17) is 13.9 Å². The minimum atomic E-state index is -0.551. The summed E-state index contributed by atoms with van der Waals surface area (Å²) in [6.45, 7) is 5.35. The highest BCUT2D eigenvalue weighted by Crippen LogP contribution is 2.39. The first kappa shape index (κ1) is 22.6. The average Bonchev–Trinajstić information content (AvgIpc) is 3.09. The number of nitrogens with zero attached hydrogens (tertiary/aromatic N) is 2. The number of carbonyl (C=O) groups is 1. The van der Waals surface area contributed by atoms with Crippen molar-refractivity contribution in [3.8, 4) is 11.5 Å². The van der Waals surface area contributed by atoms with Crippen molar-refractivity contribution in [2.75, 3.05) is 40.9 Å². The normalized spacial score (nSPS) is 15.2. The molecule has 172 valence electrons. The minimum Gasteiger partial charge on any atom is -0.497 e. The molecule has 1 unspecified atom stereocenters. The van der Waals surface area contributed by atoms with Gasteiger partial charge in [0.15, 0.2) is 5.43 Å². The molecule has 1 aliphatic heterocycles. The van der Waals surface area contributed by atoms with Crippen LogP contribution in [0.4, 0.5) is 0 Å². The zero-order chi connectivity index (χ0) is 23.5. The average molecular weight is 449 g/mol. The molecule has 1 aromatic heterocycles. The van der Waals surface area contributed by atoms with E-state index in [-0.39, 0.29) is 17.1 Å². The van der Waals surface area contributed by atoms with E-state index in [1.807, 2.05) is 38.4 Å². The van der Waals surface area contributed by atoms with Gasteiger partial charge in [0, 0.05) is 12.6 Å². The standard InChI is InChI=1S/C26H28N2O5/c1-5-14-32-19-9-6-8-17(15-19)23-22-24(29)20-11-10-18(31-4)16-21(20)33-25(22)26(30)28(23)13-7-12-27(2)3/h5-6,8-11,15-16,23H,1,7,12-14H2,2-4H3. The summed E-state index contributed by atoms with van der Waals surface area (Å²) < 4.78 is 17.0. The van der Waals surface area contributed by atoms with Gasteiger partial charge in [0.05, 0.1) is 24.1 Å². The van der Waals surface area contributed by atoms with Gasteiger partial charge in [0.2, 0.25) is 5.76 Å². The molecule has 2 heterocycles. The van der Waals surface area contributed by atoms with E-state index in [2.05, 4.69) is 11.5 Å². The Labute approximate surface area is 192 Å². The third-order valence-corrected chi connectivity index (χ3v) is 5.72. The lowest BCUT2D eigenvalue weighted by molar-refractivity contribution is 0.0722. The van der Waals surface area contributed by atoms with Crippen molar-refractivity contribution in [3.05, 3.63) is 82.2 Å². The van der Waals surface area contributed by atoms with Crippen molar-refractivity contribution >= 4 is 16.9 Å². The van der Waals surface area contributed by atoms with E-state index in [9.17, 15) is 9.59 Å². The molecule has 0 saturated carbocycles. The van der Waals surface area contributed by atoms with E-state index in [0.717, 1.165) is 18.5 Å². The third-order valence-electron chi connectivity index (χ3n) is 5.72. The predicted molar refractivity (Wildman–Crippen MR) is 127 cm³/mol. The molecule has 0 N–H and O–H groups in total. The zero-order valence-electron chi connectivity index (χ0n) is 19.2. The van der Waals surface area contributed by atoms with Crippen LogP contribution in [0.5, 0.6) is 11.5 Å². The molecule has 7 heteroatoms. The first-order valence-corrected chi connectivity index (χ1v) is 10.9. The number of benzene rings is 2. The molecule has 3 aromatic rings. The number of ether oxygens (including phenoxy) is 2. The van der Waals surface area contributed by atoms with E-state index in [1.54, 1.807) is 36.3 Å². The number of rotatable bonds is 9. The molecule has 0 fully saturated rings. The van der Waals surface area contributed by atoms with Gasteiger partial charge >= 0.3 is 0 Å². The van der Waals surface area contributed by atoms with Gasteiger partial charge in [0.25, 0.3) is 5.91 Å². The summed E-state index contributed by atoms with van der Waals surface area (Å²) in [4.78, 5) is 30.9. The second kappa shape index (κ2) is 9.50. The molecule has 0 saturated heterocycles. The summed E-state index contributed by atoms with van der Waals surface area (Å²) in [6, 6.07) is 12.0. The van der Waals surface area contributed by atoms with Gasteiger partial charge in [-0.25, -0.2) is 0 Å². The van der Waals surface area contributed by atoms with Crippen LogP contribution in [0.3, 0.4) is 0 Å².